The zero-order valence-corrected chi connectivity index (χ0v) is 17.6. The third-order valence-electron chi connectivity index (χ3n) is 5.42. The first-order valence-electron chi connectivity index (χ1n) is 9.03. The molecule has 0 amide bonds. The summed E-state index contributed by atoms with van der Waals surface area (Å²) in [5, 5.41) is 3.46. The molecule has 5 nitrogen and oxygen atoms in total. The summed E-state index contributed by atoms with van der Waals surface area (Å²) in [6, 6.07) is 4.72. The summed E-state index contributed by atoms with van der Waals surface area (Å²) < 4.78 is 16.7. The second-order valence-corrected chi connectivity index (χ2v) is 6.73. The molecule has 26 heavy (non-hydrogen) atoms. The van der Waals surface area contributed by atoms with Crippen molar-refractivity contribution in [3.05, 3.63) is 17.7 Å². The fourth-order valence-corrected chi connectivity index (χ4v) is 4.29. The number of methoxy groups -OCH3 is 3. The Morgan fingerprint density at radius 2 is 1.46 bits per heavy atom. The summed E-state index contributed by atoms with van der Waals surface area (Å²) >= 11 is 0. The normalized spacial score (nSPS) is 19.2. The van der Waals surface area contributed by atoms with Crippen LogP contribution in [-0.2, 0) is 0 Å². The van der Waals surface area contributed by atoms with Crippen molar-refractivity contribution in [2.75, 3.05) is 47.5 Å². The van der Waals surface area contributed by atoms with Gasteiger partial charge in [0.1, 0.15) is 0 Å². The van der Waals surface area contributed by atoms with Gasteiger partial charge in [0.15, 0.2) is 11.5 Å². The molecule has 0 spiro atoms. The van der Waals surface area contributed by atoms with Gasteiger partial charge in [0.25, 0.3) is 0 Å². The molecule has 3 rings (SSSR count). The molecule has 1 aliphatic carbocycles. The summed E-state index contributed by atoms with van der Waals surface area (Å²) in [6.07, 6.45) is 5.31. The Bertz CT molecular complexity index is 523. The van der Waals surface area contributed by atoms with Crippen LogP contribution in [0, 0.1) is 5.92 Å². The Hall–Kier alpha value is -0.880. The molecular formula is C19H32Cl2N2O3. The Balaban J connectivity index is 0.00000169. The second-order valence-electron chi connectivity index (χ2n) is 6.73. The lowest BCUT2D eigenvalue weighted by molar-refractivity contribution is 0.125. The largest absolute Gasteiger partial charge is 0.493 e. The van der Waals surface area contributed by atoms with Gasteiger partial charge in [-0.05, 0) is 36.5 Å². The molecule has 150 valence electrons. The van der Waals surface area contributed by atoms with Gasteiger partial charge in [-0.25, -0.2) is 0 Å². The van der Waals surface area contributed by atoms with Gasteiger partial charge in [-0.3, -0.25) is 4.90 Å². The Kier molecular flexibility index (Phi) is 9.86. The molecule has 2 aliphatic rings. The molecule has 2 fully saturated rings. The number of halogens is 2. The average Bonchev–Trinajstić information content (AvgIpc) is 3.16. The fraction of sp³-hybridized carbons (Fsp3) is 0.684. The van der Waals surface area contributed by atoms with Gasteiger partial charge in [-0.15, -0.1) is 24.8 Å². The highest BCUT2D eigenvalue weighted by Crippen LogP contribution is 2.45. The van der Waals surface area contributed by atoms with Crippen LogP contribution in [0.5, 0.6) is 17.2 Å². The number of ether oxygens (including phenoxy) is 3. The van der Waals surface area contributed by atoms with Crippen molar-refractivity contribution in [3.63, 3.8) is 0 Å². The van der Waals surface area contributed by atoms with Crippen LogP contribution in [0.1, 0.15) is 37.3 Å². The third kappa shape index (κ3) is 4.89. The zero-order valence-electron chi connectivity index (χ0n) is 16.0. The van der Waals surface area contributed by atoms with Crippen molar-refractivity contribution < 1.29 is 14.2 Å². The lowest BCUT2D eigenvalue weighted by Crippen LogP contribution is -2.46. The molecule has 0 radical (unpaired) electrons. The first-order chi connectivity index (χ1) is 11.8. The molecule has 1 saturated carbocycles. The number of benzene rings is 1. The predicted octanol–water partition coefficient (Wildman–Crippen LogP) is 3.69. The molecule has 1 aromatic carbocycles. The van der Waals surface area contributed by atoms with Crippen LogP contribution in [-0.4, -0.2) is 52.4 Å². The zero-order chi connectivity index (χ0) is 16.9. The van der Waals surface area contributed by atoms with Crippen LogP contribution in [0.15, 0.2) is 12.1 Å². The Morgan fingerprint density at radius 3 is 1.92 bits per heavy atom. The van der Waals surface area contributed by atoms with Crippen molar-refractivity contribution in [2.45, 2.75) is 31.7 Å². The molecule has 0 bridgehead atoms. The van der Waals surface area contributed by atoms with Gasteiger partial charge in [0.2, 0.25) is 5.75 Å². The summed E-state index contributed by atoms with van der Waals surface area (Å²) in [5.74, 6) is 2.90. The van der Waals surface area contributed by atoms with Crippen LogP contribution >= 0.6 is 24.8 Å². The highest BCUT2D eigenvalue weighted by Gasteiger charge is 2.33. The fourth-order valence-electron chi connectivity index (χ4n) is 4.29. The Morgan fingerprint density at radius 1 is 0.923 bits per heavy atom. The van der Waals surface area contributed by atoms with Crippen LogP contribution in [0.4, 0.5) is 0 Å². The number of nitrogens with zero attached hydrogens (tertiary/aromatic N) is 1. The standard InChI is InChI=1S/C19H30N2O3.2ClH/c1-22-16-12-15(13-17(23-2)19(16)24-3)18(14-6-4-5-7-14)21-10-8-20-9-11-21;;/h12-14,18,20H,4-11H2,1-3H3;2*1H/t18-;;/m0../s1. The first kappa shape index (κ1) is 23.2. The maximum Gasteiger partial charge on any atom is 0.203 e. The lowest BCUT2D eigenvalue weighted by Gasteiger charge is -2.39. The molecule has 0 aromatic heterocycles. The molecule has 0 unspecified atom stereocenters. The van der Waals surface area contributed by atoms with Crippen LogP contribution in [0.2, 0.25) is 0 Å². The van der Waals surface area contributed by atoms with Gasteiger partial charge >= 0.3 is 0 Å². The van der Waals surface area contributed by atoms with Crippen LogP contribution in [0.25, 0.3) is 0 Å². The number of nitrogens with one attached hydrogen (secondary N) is 1. The van der Waals surface area contributed by atoms with Crippen molar-refractivity contribution in [1.29, 1.82) is 0 Å². The number of hydrogen-bond acceptors (Lipinski definition) is 5. The van der Waals surface area contributed by atoms with E-state index < -0.39 is 0 Å². The third-order valence-corrected chi connectivity index (χ3v) is 5.42. The highest BCUT2D eigenvalue weighted by molar-refractivity contribution is 5.85. The van der Waals surface area contributed by atoms with Gasteiger partial charge in [0, 0.05) is 32.2 Å². The van der Waals surface area contributed by atoms with Gasteiger partial charge in [0.05, 0.1) is 21.3 Å². The van der Waals surface area contributed by atoms with Crippen molar-refractivity contribution in [2.24, 2.45) is 5.92 Å². The number of rotatable bonds is 6. The molecule has 1 atom stereocenters. The van der Waals surface area contributed by atoms with Crippen molar-refractivity contribution in [3.8, 4) is 17.2 Å². The SMILES string of the molecule is COc1cc([C@H](C2CCCC2)N2CCNCC2)cc(OC)c1OC.Cl.Cl. The minimum absolute atomic E-state index is 0. The van der Waals surface area contributed by atoms with Crippen LogP contribution in [0.3, 0.4) is 0 Å². The van der Waals surface area contributed by atoms with Crippen LogP contribution < -0.4 is 19.5 Å². The molecule has 7 heteroatoms. The van der Waals surface area contributed by atoms with E-state index in [1.165, 1.54) is 31.2 Å². The van der Waals surface area contributed by atoms with E-state index in [2.05, 4.69) is 22.3 Å². The summed E-state index contributed by atoms with van der Waals surface area (Å²) in [7, 11) is 5.04. The van der Waals surface area contributed by atoms with Crippen molar-refractivity contribution >= 4 is 24.8 Å². The van der Waals surface area contributed by atoms with Gasteiger partial charge in [-0.1, -0.05) is 12.8 Å². The monoisotopic (exact) mass is 406 g/mol. The van der Waals surface area contributed by atoms with E-state index in [1.807, 2.05) is 0 Å². The van der Waals surface area contributed by atoms with Gasteiger partial charge in [-0.2, -0.15) is 0 Å². The predicted molar refractivity (Wildman–Crippen MR) is 110 cm³/mol. The topological polar surface area (TPSA) is 43.0 Å². The molecule has 1 aliphatic heterocycles. The lowest BCUT2D eigenvalue weighted by atomic mass is 9.89. The maximum atomic E-state index is 5.58. The van der Waals surface area contributed by atoms with E-state index in [-0.39, 0.29) is 24.8 Å². The maximum absolute atomic E-state index is 5.58. The van der Waals surface area contributed by atoms with E-state index >= 15 is 0 Å². The van der Waals surface area contributed by atoms with Gasteiger partial charge < -0.3 is 19.5 Å². The van der Waals surface area contributed by atoms with E-state index in [0.29, 0.717) is 17.7 Å². The van der Waals surface area contributed by atoms with Crippen molar-refractivity contribution in [1.82, 2.24) is 10.2 Å². The molecule has 1 N–H and O–H groups in total. The van der Waals surface area contributed by atoms with E-state index in [9.17, 15) is 0 Å². The minimum atomic E-state index is 0. The first-order valence-corrected chi connectivity index (χ1v) is 9.03. The molecule has 1 saturated heterocycles. The highest BCUT2D eigenvalue weighted by atomic mass is 35.5. The van der Waals surface area contributed by atoms with E-state index in [1.54, 1.807) is 21.3 Å². The Labute approximate surface area is 169 Å². The quantitative estimate of drug-likeness (QED) is 0.779. The van der Waals surface area contributed by atoms with E-state index in [0.717, 1.165) is 37.7 Å². The summed E-state index contributed by atoms with van der Waals surface area (Å²) in [4.78, 5) is 2.63. The molecular weight excluding hydrogens is 375 g/mol. The minimum Gasteiger partial charge on any atom is -0.493 e. The molecule has 1 aromatic rings. The summed E-state index contributed by atoms with van der Waals surface area (Å²) in [5.41, 5.74) is 1.29. The smallest absolute Gasteiger partial charge is 0.203 e. The molecule has 1 heterocycles. The second kappa shape index (κ2) is 11.1. The number of hydrogen-bond donors (Lipinski definition) is 1. The van der Waals surface area contributed by atoms with E-state index in [4.69, 9.17) is 14.2 Å². The summed E-state index contributed by atoms with van der Waals surface area (Å²) in [6.45, 7) is 4.32. The number of piperazine rings is 1. The average molecular weight is 407 g/mol.